The molecule has 1 unspecified atom stereocenters. The van der Waals surface area contributed by atoms with Crippen LogP contribution >= 0.6 is 23.1 Å². The van der Waals surface area contributed by atoms with Crippen LogP contribution < -0.4 is 10.2 Å². The van der Waals surface area contributed by atoms with Gasteiger partial charge in [0.05, 0.1) is 0 Å². The highest BCUT2D eigenvalue weighted by Crippen LogP contribution is 2.25. The topological polar surface area (TPSA) is 28.2 Å². The lowest BCUT2D eigenvalue weighted by atomic mass is 10.1. The first-order valence-electron chi connectivity index (χ1n) is 6.79. The molecular formula is C14H27N3S2. The van der Waals surface area contributed by atoms with E-state index in [1.54, 1.807) is 11.3 Å². The minimum Gasteiger partial charge on any atom is -0.347 e. The van der Waals surface area contributed by atoms with Gasteiger partial charge in [-0.15, -0.1) is 11.3 Å². The van der Waals surface area contributed by atoms with Crippen molar-refractivity contribution in [3.8, 4) is 0 Å². The second-order valence-corrected chi connectivity index (χ2v) is 7.85. The number of hydrogen-bond acceptors (Lipinski definition) is 5. The summed E-state index contributed by atoms with van der Waals surface area (Å²) in [4.78, 5) is 8.19. The SMILES string of the molecule is CCC(CSC)N(C)c1ncc(CNC(C)(C)C)s1. The Morgan fingerprint density at radius 3 is 2.68 bits per heavy atom. The maximum absolute atomic E-state index is 4.56. The van der Waals surface area contributed by atoms with Crippen LogP contribution in [0.25, 0.3) is 0 Å². The zero-order valence-corrected chi connectivity index (χ0v) is 14.6. The monoisotopic (exact) mass is 301 g/mol. The lowest BCUT2D eigenvalue weighted by Gasteiger charge is -2.26. The van der Waals surface area contributed by atoms with Crippen molar-refractivity contribution < 1.29 is 0 Å². The quantitative estimate of drug-likeness (QED) is 0.833. The number of rotatable bonds is 7. The van der Waals surface area contributed by atoms with Gasteiger partial charge in [-0.2, -0.15) is 11.8 Å². The van der Waals surface area contributed by atoms with Crippen molar-refractivity contribution in [2.45, 2.75) is 52.2 Å². The summed E-state index contributed by atoms with van der Waals surface area (Å²) in [5.41, 5.74) is 0.154. The van der Waals surface area contributed by atoms with E-state index in [-0.39, 0.29) is 5.54 Å². The molecule has 1 heterocycles. The third-order valence-electron chi connectivity index (χ3n) is 3.01. The van der Waals surface area contributed by atoms with Gasteiger partial charge < -0.3 is 10.2 Å². The molecule has 0 aliphatic rings. The van der Waals surface area contributed by atoms with E-state index in [2.05, 4.69) is 56.2 Å². The maximum atomic E-state index is 4.56. The van der Waals surface area contributed by atoms with Crippen molar-refractivity contribution >= 4 is 28.2 Å². The van der Waals surface area contributed by atoms with Gasteiger partial charge in [0.15, 0.2) is 5.13 Å². The molecular weight excluding hydrogens is 274 g/mol. The first-order chi connectivity index (χ1) is 8.87. The minimum absolute atomic E-state index is 0.154. The van der Waals surface area contributed by atoms with Gasteiger partial charge in [0.2, 0.25) is 0 Å². The van der Waals surface area contributed by atoms with Gasteiger partial charge in [0.1, 0.15) is 0 Å². The number of anilines is 1. The second-order valence-electron chi connectivity index (χ2n) is 5.84. The van der Waals surface area contributed by atoms with Gasteiger partial charge in [-0.1, -0.05) is 6.92 Å². The van der Waals surface area contributed by atoms with Crippen LogP contribution in [-0.4, -0.2) is 35.6 Å². The Balaban J connectivity index is 2.62. The first kappa shape index (κ1) is 16.8. The predicted molar refractivity (Wildman–Crippen MR) is 89.6 cm³/mol. The van der Waals surface area contributed by atoms with Gasteiger partial charge in [-0.3, -0.25) is 0 Å². The molecule has 110 valence electrons. The largest absolute Gasteiger partial charge is 0.347 e. The summed E-state index contributed by atoms with van der Waals surface area (Å²) in [6.45, 7) is 9.70. The summed E-state index contributed by atoms with van der Waals surface area (Å²) in [5, 5.41) is 4.64. The molecule has 0 bridgehead atoms. The van der Waals surface area contributed by atoms with Gasteiger partial charge in [0, 0.05) is 42.0 Å². The molecule has 0 saturated heterocycles. The molecule has 19 heavy (non-hydrogen) atoms. The average molecular weight is 302 g/mol. The minimum atomic E-state index is 0.154. The van der Waals surface area contributed by atoms with Crippen LogP contribution in [0, 0.1) is 0 Å². The normalized spacial score (nSPS) is 13.6. The molecule has 5 heteroatoms. The van der Waals surface area contributed by atoms with Crippen LogP contribution in [0.3, 0.4) is 0 Å². The summed E-state index contributed by atoms with van der Waals surface area (Å²) in [5.74, 6) is 1.15. The van der Waals surface area contributed by atoms with Crippen molar-refractivity contribution in [3.05, 3.63) is 11.1 Å². The van der Waals surface area contributed by atoms with Gasteiger partial charge in [0.25, 0.3) is 0 Å². The molecule has 0 amide bonds. The van der Waals surface area contributed by atoms with E-state index in [1.807, 2.05) is 18.0 Å². The molecule has 0 fully saturated rings. The molecule has 1 rings (SSSR count). The summed E-state index contributed by atoms with van der Waals surface area (Å²) in [7, 11) is 2.16. The van der Waals surface area contributed by atoms with Crippen LogP contribution in [0.1, 0.15) is 39.0 Å². The zero-order chi connectivity index (χ0) is 14.5. The fourth-order valence-electron chi connectivity index (χ4n) is 1.75. The summed E-state index contributed by atoms with van der Waals surface area (Å²) < 4.78 is 0. The number of hydrogen-bond donors (Lipinski definition) is 1. The van der Waals surface area contributed by atoms with Crippen LogP contribution in [0.2, 0.25) is 0 Å². The fourth-order valence-corrected chi connectivity index (χ4v) is 3.47. The van der Waals surface area contributed by atoms with Crippen molar-refractivity contribution in [3.63, 3.8) is 0 Å². The van der Waals surface area contributed by atoms with Gasteiger partial charge >= 0.3 is 0 Å². The van der Waals surface area contributed by atoms with Crippen LogP contribution in [0.15, 0.2) is 6.20 Å². The molecule has 1 aromatic heterocycles. The molecule has 0 spiro atoms. The Bertz CT molecular complexity index is 371. The summed E-state index contributed by atoms with van der Waals surface area (Å²) in [6.07, 6.45) is 5.32. The van der Waals surface area contributed by atoms with E-state index in [9.17, 15) is 0 Å². The third-order valence-corrected chi connectivity index (χ3v) is 4.82. The molecule has 3 nitrogen and oxygen atoms in total. The van der Waals surface area contributed by atoms with Crippen LogP contribution in [0.5, 0.6) is 0 Å². The zero-order valence-electron chi connectivity index (χ0n) is 13.0. The molecule has 1 aromatic rings. The van der Waals surface area contributed by atoms with E-state index in [4.69, 9.17) is 0 Å². The van der Waals surface area contributed by atoms with Crippen molar-refractivity contribution in [1.29, 1.82) is 0 Å². The Hall–Kier alpha value is -0.260. The molecule has 0 aliphatic carbocycles. The Morgan fingerprint density at radius 2 is 2.16 bits per heavy atom. The second kappa shape index (κ2) is 7.50. The van der Waals surface area contributed by atoms with Crippen LogP contribution in [-0.2, 0) is 6.54 Å². The van der Waals surface area contributed by atoms with E-state index < -0.39 is 0 Å². The number of nitrogens with zero attached hydrogens (tertiary/aromatic N) is 2. The number of nitrogens with one attached hydrogen (secondary N) is 1. The Kier molecular flexibility index (Phi) is 6.63. The number of thioether (sulfide) groups is 1. The van der Waals surface area contributed by atoms with Crippen molar-refractivity contribution in [2.24, 2.45) is 0 Å². The van der Waals surface area contributed by atoms with E-state index in [1.165, 1.54) is 4.88 Å². The van der Waals surface area contributed by atoms with E-state index in [0.717, 1.165) is 23.8 Å². The highest BCUT2D eigenvalue weighted by atomic mass is 32.2. The number of thiazole rings is 1. The molecule has 0 aromatic carbocycles. The number of aromatic nitrogens is 1. The third kappa shape index (κ3) is 5.71. The molecule has 0 radical (unpaired) electrons. The molecule has 0 aliphatic heterocycles. The Morgan fingerprint density at radius 1 is 1.47 bits per heavy atom. The average Bonchev–Trinajstić information content (AvgIpc) is 2.80. The first-order valence-corrected chi connectivity index (χ1v) is 9.00. The smallest absolute Gasteiger partial charge is 0.185 e. The van der Waals surface area contributed by atoms with Gasteiger partial charge in [-0.25, -0.2) is 4.98 Å². The Labute approximate surface area is 126 Å². The lowest BCUT2D eigenvalue weighted by Crippen LogP contribution is -2.34. The highest BCUT2D eigenvalue weighted by Gasteiger charge is 2.16. The van der Waals surface area contributed by atoms with Crippen molar-refractivity contribution in [2.75, 3.05) is 24.0 Å². The van der Waals surface area contributed by atoms with Crippen molar-refractivity contribution in [1.82, 2.24) is 10.3 Å². The fraction of sp³-hybridized carbons (Fsp3) is 0.786. The molecule has 1 atom stereocenters. The standard InChI is InChI=1S/C14H27N3S2/c1-7-11(10-18-6)17(5)13-15-8-12(19-13)9-16-14(2,3)4/h8,11,16H,7,9-10H2,1-6H3. The summed E-state index contributed by atoms with van der Waals surface area (Å²) in [6, 6.07) is 0.574. The van der Waals surface area contributed by atoms with E-state index >= 15 is 0 Å². The molecule has 0 saturated carbocycles. The maximum Gasteiger partial charge on any atom is 0.185 e. The predicted octanol–water partition coefficient (Wildman–Crippen LogP) is 3.61. The van der Waals surface area contributed by atoms with Crippen LogP contribution in [0.4, 0.5) is 5.13 Å². The highest BCUT2D eigenvalue weighted by molar-refractivity contribution is 7.98. The summed E-state index contributed by atoms with van der Waals surface area (Å²) >= 11 is 3.69. The van der Waals surface area contributed by atoms with E-state index in [0.29, 0.717) is 6.04 Å². The molecule has 1 N–H and O–H groups in total. The lowest BCUT2D eigenvalue weighted by molar-refractivity contribution is 0.426. The van der Waals surface area contributed by atoms with Gasteiger partial charge in [-0.05, 0) is 33.4 Å².